The van der Waals surface area contributed by atoms with Crippen molar-refractivity contribution in [1.82, 2.24) is 0 Å². The van der Waals surface area contributed by atoms with Gasteiger partial charge < -0.3 is 29.7 Å². The molecule has 0 bridgehead atoms. The second-order valence-electron chi connectivity index (χ2n) is 7.23. The third kappa shape index (κ3) is 10.2. The number of carbonyl (C=O) groups is 1. The van der Waals surface area contributed by atoms with Crippen LogP contribution in [0.25, 0.3) is 0 Å². The molecule has 0 spiro atoms. The summed E-state index contributed by atoms with van der Waals surface area (Å²) < 4.78 is 44.3. The largest absolute Gasteiger partial charge is 1.00 e. The van der Waals surface area contributed by atoms with Crippen LogP contribution < -0.4 is 31.3 Å². The molecule has 0 aliphatic heterocycles. The molecule has 0 aromatic rings. The van der Waals surface area contributed by atoms with Crippen LogP contribution in [0, 0.1) is 7.43 Å². The van der Waals surface area contributed by atoms with Crippen molar-refractivity contribution >= 4 is 13.9 Å². The summed E-state index contributed by atoms with van der Waals surface area (Å²) in [7, 11) is -1.75. The van der Waals surface area contributed by atoms with Gasteiger partial charge in [0.2, 0.25) is 0 Å². The number of rotatable bonds is 4. The number of esters is 1. The summed E-state index contributed by atoms with van der Waals surface area (Å²) in [6, 6.07) is 0. The van der Waals surface area contributed by atoms with E-state index in [-0.39, 0.29) is 61.8 Å². The number of alkyl halides is 3. The van der Waals surface area contributed by atoms with Crippen molar-refractivity contribution in [2.75, 3.05) is 12.8 Å². The molecule has 0 saturated carbocycles. The van der Waals surface area contributed by atoms with E-state index in [1.165, 1.54) is 6.92 Å². The predicted molar refractivity (Wildman–Crippen MR) is 86.7 cm³/mol. The molecule has 0 aromatic carbocycles. The minimum absolute atomic E-state index is 0. The van der Waals surface area contributed by atoms with Gasteiger partial charge in [-0.1, -0.05) is 0 Å². The number of aliphatic hydroxyl groups is 1. The van der Waals surface area contributed by atoms with Crippen LogP contribution in [0.4, 0.5) is 13.2 Å². The minimum atomic E-state index is -5.05. The zero-order valence-corrected chi connectivity index (χ0v) is 19.2. The fourth-order valence-electron chi connectivity index (χ4n) is 2.45. The molecule has 0 rings (SSSR count). The molecule has 1 N–H and O–H groups in total. The molecule has 152 valence electrons. The predicted octanol–water partition coefficient (Wildman–Crippen LogP) is -1.89. The minimum Gasteiger partial charge on any atom is -1.00 e. The van der Waals surface area contributed by atoms with Gasteiger partial charge >= 0.3 is 31.0 Å². The monoisotopic (exact) mass is 446 g/mol. The van der Waals surface area contributed by atoms with Crippen molar-refractivity contribution in [1.29, 1.82) is 0 Å². The molecule has 1 unspecified atom stereocenters. The van der Waals surface area contributed by atoms with E-state index < -0.39 is 42.1 Å². The first-order chi connectivity index (χ1) is 9.07. The topological polar surface area (TPSA) is 46.5 Å². The molecule has 0 aliphatic rings. The SMILES string of the molecule is CCOC(=O)C(O)(C[PH+](C(C)(C)C)C(C)(C)C)C(F)(F)F.[CH3-].[Cl-].[Li+].[Ni]. The van der Waals surface area contributed by atoms with Gasteiger partial charge in [-0.3, -0.25) is 0 Å². The molecule has 1 atom stereocenters. The van der Waals surface area contributed by atoms with Crippen LogP contribution in [-0.4, -0.2) is 45.9 Å². The Morgan fingerprint density at radius 2 is 1.36 bits per heavy atom. The molecule has 0 radical (unpaired) electrons. The fourth-order valence-corrected chi connectivity index (χ4v) is 6.62. The number of halogens is 4. The quantitative estimate of drug-likeness (QED) is 0.237. The molecule has 25 heavy (non-hydrogen) atoms. The Balaban J connectivity index is -0.000000333. The summed E-state index contributed by atoms with van der Waals surface area (Å²) in [6.45, 7) is 12.3. The van der Waals surface area contributed by atoms with Crippen molar-refractivity contribution in [3.05, 3.63) is 7.43 Å². The second-order valence-corrected chi connectivity index (χ2v) is 11.5. The van der Waals surface area contributed by atoms with Crippen LogP contribution in [0.15, 0.2) is 0 Å². The van der Waals surface area contributed by atoms with Crippen molar-refractivity contribution in [2.45, 2.75) is 70.6 Å². The smallest absolute Gasteiger partial charge is 1.00 e. The Morgan fingerprint density at radius 3 is 1.56 bits per heavy atom. The summed E-state index contributed by atoms with van der Waals surface area (Å²) in [5.74, 6) is -1.60. The van der Waals surface area contributed by atoms with E-state index in [9.17, 15) is 23.1 Å². The first-order valence-corrected chi connectivity index (χ1v) is 8.61. The first kappa shape index (κ1) is 36.9. The van der Waals surface area contributed by atoms with Crippen molar-refractivity contribution in [3.63, 3.8) is 0 Å². The average molecular weight is 447 g/mol. The van der Waals surface area contributed by atoms with Gasteiger partial charge in [0.05, 0.1) is 16.9 Å². The molecule has 0 fully saturated rings. The molecule has 0 aromatic heterocycles. The van der Waals surface area contributed by atoms with Crippen LogP contribution in [0.2, 0.25) is 0 Å². The molecule has 0 aliphatic carbocycles. The van der Waals surface area contributed by atoms with Crippen LogP contribution in [-0.2, 0) is 26.0 Å². The summed E-state index contributed by atoms with van der Waals surface area (Å²) in [4.78, 5) is 11.7. The van der Waals surface area contributed by atoms with E-state index in [4.69, 9.17) is 0 Å². The van der Waals surface area contributed by atoms with E-state index in [1.54, 1.807) is 0 Å². The van der Waals surface area contributed by atoms with Crippen molar-refractivity contribution in [3.8, 4) is 0 Å². The van der Waals surface area contributed by atoms with Crippen molar-refractivity contribution in [2.24, 2.45) is 0 Å². The van der Waals surface area contributed by atoms with Gasteiger partial charge in [-0.2, -0.15) is 13.2 Å². The molecule has 0 amide bonds. The van der Waals surface area contributed by atoms with Crippen LogP contribution in [0.3, 0.4) is 0 Å². The Bertz CT molecular complexity index is 374. The zero-order valence-electron chi connectivity index (χ0n) is 16.5. The van der Waals surface area contributed by atoms with Gasteiger partial charge in [0, 0.05) is 24.4 Å². The molecule has 10 heteroatoms. The number of ether oxygens (including phenoxy) is 1. The maximum Gasteiger partial charge on any atom is 1.00 e. The van der Waals surface area contributed by atoms with E-state index in [2.05, 4.69) is 4.74 Å². The second kappa shape index (κ2) is 12.5. The van der Waals surface area contributed by atoms with Gasteiger partial charge in [0.25, 0.3) is 5.60 Å². The first-order valence-electron chi connectivity index (χ1n) is 6.90. The third-order valence-corrected chi connectivity index (χ3v) is 7.81. The van der Waals surface area contributed by atoms with Gasteiger partial charge in [0.1, 0.15) is 6.16 Å². The Hall–Kier alpha value is 1.03. The summed E-state index contributed by atoms with van der Waals surface area (Å²) >= 11 is 0. The zero-order chi connectivity index (χ0) is 17.3. The van der Waals surface area contributed by atoms with Gasteiger partial charge in [0.15, 0.2) is 0 Å². The normalized spacial score (nSPS) is 14.1. The number of carbonyl (C=O) groups excluding carboxylic acids is 1. The third-order valence-electron chi connectivity index (χ3n) is 3.33. The maximum absolute atomic E-state index is 13.3. The Labute approximate surface area is 179 Å². The summed E-state index contributed by atoms with van der Waals surface area (Å²) in [5.41, 5.74) is -3.43. The molecule has 0 heterocycles. The van der Waals surface area contributed by atoms with Gasteiger partial charge in [-0.15, -0.1) is 0 Å². The number of hydrogen-bond acceptors (Lipinski definition) is 3. The van der Waals surface area contributed by atoms with Gasteiger partial charge in [-0.05, 0) is 48.5 Å². The Morgan fingerprint density at radius 1 is 1.04 bits per heavy atom. The molecule has 0 saturated heterocycles. The van der Waals surface area contributed by atoms with E-state index in [0.717, 1.165) is 0 Å². The maximum atomic E-state index is 13.3. The van der Waals surface area contributed by atoms with E-state index in [1.807, 2.05) is 41.5 Å². The van der Waals surface area contributed by atoms with Crippen LogP contribution in [0.5, 0.6) is 0 Å². The fraction of sp³-hybridized carbons (Fsp3) is 0.867. The van der Waals surface area contributed by atoms with Gasteiger partial charge in [-0.25, -0.2) is 4.79 Å². The van der Waals surface area contributed by atoms with E-state index in [0.29, 0.717) is 0 Å². The van der Waals surface area contributed by atoms with Crippen LogP contribution >= 0.6 is 7.92 Å². The average Bonchev–Trinajstić information content (AvgIpc) is 2.20. The molecular weight excluding hydrogens is 417 g/mol. The van der Waals surface area contributed by atoms with E-state index >= 15 is 0 Å². The van der Waals surface area contributed by atoms with Crippen molar-refractivity contribution < 1.29 is 75.6 Å². The molecular formula is C15H30ClF3LiNiO3P. The number of hydrogen-bond donors (Lipinski definition) is 1. The summed E-state index contributed by atoms with van der Waals surface area (Å²) in [5, 5.41) is 9.25. The molecule has 3 nitrogen and oxygen atoms in total. The Kier molecular flexibility index (Phi) is 18.4. The standard InChI is InChI=1S/C14H26F3O3P.CH3.ClH.Li.Ni/c1-8-20-10(18)13(19,14(15,16)17)9-21(11(2,3)4)12(5,6)7;;;;/h19H,8-9H2,1-7H3;1H3;1H;;/q;-1;;+1;. The summed E-state index contributed by atoms with van der Waals surface area (Å²) in [6.07, 6.45) is -5.67. The van der Waals surface area contributed by atoms with Crippen LogP contribution in [0.1, 0.15) is 48.5 Å².